The van der Waals surface area contributed by atoms with Crippen molar-refractivity contribution in [3.05, 3.63) is 28.8 Å². The number of ether oxygens (including phenoxy) is 1. The Bertz CT molecular complexity index is 377. The molecule has 88 valence electrons. The van der Waals surface area contributed by atoms with Crippen molar-refractivity contribution < 1.29 is 9.53 Å². The van der Waals surface area contributed by atoms with Gasteiger partial charge in [-0.2, -0.15) is 0 Å². The predicted molar refractivity (Wildman–Crippen MR) is 66.1 cm³/mol. The van der Waals surface area contributed by atoms with Gasteiger partial charge in [-0.05, 0) is 24.1 Å². The van der Waals surface area contributed by atoms with Crippen LogP contribution in [0.5, 0.6) is 0 Å². The first-order valence-corrected chi connectivity index (χ1v) is 5.54. The SMILES string of the molecule is COC(=O)c1ccc(Cl)cc1NCC(C)C. The van der Waals surface area contributed by atoms with Crippen molar-refractivity contribution in [1.29, 1.82) is 0 Å². The van der Waals surface area contributed by atoms with E-state index in [-0.39, 0.29) is 5.97 Å². The molecule has 0 radical (unpaired) electrons. The third-order valence-corrected chi connectivity index (χ3v) is 2.32. The predicted octanol–water partition coefficient (Wildman–Crippen LogP) is 3.19. The Kier molecular flexibility index (Phi) is 4.62. The summed E-state index contributed by atoms with van der Waals surface area (Å²) in [5.74, 6) is 0.132. The summed E-state index contributed by atoms with van der Waals surface area (Å²) in [6.45, 7) is 4.97. The van der Waals surface area contributed by atoms with Gasteiger partial charge in [0.1, 0.15) is 0 Å². The van der Waals surface area contributed by atoms with Gasteiger partial charge in [0.05, 0.1) is 18.4 Å². The second-order valence-electron chi connectivity index (χ2n) is 3.96. The molecule has 0 unspecified atom stereocenters. The lowest BCUT2D eigenvalue weighted by molar-refractivity contribution is 0.0602. The number of carbonyl (C=O) groups excluding carboxylic acids is 1. The fourth-order valence-corrected chi connectivity index (χ4v) is 1.44. The minimum absolute atomic E-state index is 0.358. The highest BCUT2D eigenvalue weighted by Gasteiger charge is 2.12. The molecule has 3 nitrogen and oxygen atoms in total. The number of anilines is 1. The summed E-state index contributed by atoms with van der Waals surface area (Å²) in [4.78, 5) is 11.5. The van der Waals surface area contributed by atoms with Gasteiger partial charge in [0.15, 0.2) is 0 Å². The monoisotopic (exact) mass is 241 g/mol. The number of carbonyl (C=O) groups is 1. The number of nitrogens with one attached hydrogen (secondary N) is 1. The summed E-state index contributed by atoms with van der Waals surface area (Å²) in [7, 11) is 1.36. The summed E-state index contributed by atoms with van der Waals surface area (Å²) in [5, 5.41) is 3.78. The molecule has 0 heterocycles. The van der Waals surface area contributed by atoms with Gasteiger partial charge in [0, 0.05) is 11.6 Å². The molecule has 0 aliphatic carbocycles. The molecule has 0 atom stereocenters. The first-order chi connectivity index (χ1) is 7.54. The topological polar surface area (TPSA) is 38.3 Å². The Balaban J connectivity index is 2.94. The average Bonchev–Trinajstić information content (AvgIpc) is 2.25. The van der Waals surface area contributed by atoms with Gasteiger partial charge in [-0.1, -0.05) is 25.4 Å². The Morgan fingerprint density at radius 2 is 2.19 bits per heavy atom. The van der Waals surface area contributed by atoms with Gasteiger partial charge in [0.2, 0.25) is 0 Å². The van der Waals surface area contributed by atoms with E-state index in [1.165, 1.54) is 7.11 Å². The van der Waals surface area contributed by atoms with E-state index >= 15 is 0 Å². The molecular formula is C12H16ClNO2. The lowest BCUT2D eigenvalue weighted by Crippen LogP contribution is -2.12. The molecule has 0 aromatic heterocycles. The molecule has 0 amide bonds. The minimum atomic E-state index is -0.358. The van der Waals surface area contributed by atoms with Crippen LogP contribution in [0.2, 0.25) is 5.02 Å². The van der Waals surface area contributed by atoms with Gasteiger partial charge in [-0.25, -0.2) is 4.79 Å². The smallest absolute Gasteiger partial charge is 0.339 e. The van der Waals surface area contributed by atoms with Crippen LogP contribution in [0.15, 0.2) is 18.2 Å². The molecule has 16 heavy (non-hydrogen) atoms. The summed E-state index contributed by atoms with van der Waals surface area (Å²) in [6, 6.07) is 5.07. The quantitative estimate of drug-likeness (QED) is 0.823. The molecule has 0 saturated heterocycles. The number of halogens is 1. The van der Waals surface area contributed by atoms with Gasteiger partial charge in [-0.3, -0.25) is 0 Å². The molecular weight excluding hydrogens is 226 g/mol. The third kappa shape index (κ3) is 3.42. The van der Waals surface area contributed by atoms with Gasteiger partial charge in [0.25, 0.3) is 0 Å². The highest BCUT2D eigenvalue weighted by Crippen LogP contribution is 2.22. The van der Waals surface area contributed by atoms with Crippen molar-refractivity contribution in [2.45, 2.75) is 13.8 Å². The number of rotatable bonds is 4. The molecule has 0 fully saturated rings. The van der Waals surface area contributed by atoms with Crippen molar-refractivity contribution in [1.82, 2.24) is 0 Å². The van der Waals surface area contributed by atoms with Crippen LogP contribution in [-0.2, 0) is 4.74 Å². The molecule has 0 aliphatic rings. The fraction of sp³-hybridized carbons (Fsp3) is 0.417. The molecule has 0 spiro atoms. The summed E-state index contributed by atoms with van der Waals surface area (Å²) in [6.07, 6.45) is 0. The first kappa shape index (κ1) is 12.8. The number of esters is 1. The Labute approximate surface area is 101 Å². The van der Waals surface area contributed by atoms with Crippen molar-refractivity contribution in [2.24, 2.45) is 5.92 Å². The van der Waals surface area contributed by atoms with Gasteiger partial charge in [-0.15, -0.1) is 0 Å². The zero-order valence-electron chi connectivity index (χ0n) is 9.71. The minimum Gasteiger partial charge on any atom is -0.465 e. The van der Waals surface area contributed by atoms with E-state index in [1.807, 2.05) is 0 Å². The largest absolute Gasteiger partial charge is 0.465 e. The standard InChI is InChI=1S/C12H16ClNO2/c1-8(2)7-14-11-6-9(13)4-5-10(11)12(15)16-3/h4-6,8,14H,7H2,1-3H3. The molecule has 1 N–H and O–H groups in total. The number of hydrogen-bond acceptors (Lipinski definition) is 3. The van der Waals surface area contributed by atoms with Crippen LogP contribution in [0.4, 0.5) is 5.69 Å². The maximum atomic E-state index is 11.5. The highest BCUT2D eigenvalue weighted by atomic mass is 35.5. The summed E-state index contributed by atoms with van der Waals surface area (Å²) >= 11 is 5.89. The van der Waals surface area contributed by atoms with E-state index in [0.29, 0.717) is 22.2 Å². The molecule has 0 saturated carbocycles. The lowest BCUT2D eigenvalue weighted by Gasteiger charge is -2.12. The molecule has 4 heteroatoms. The summed E-state index contributed by atoms with van der Waals surface area (Å²) in [5.41, 5.74) is 1.22. The van der Waals surface area contributed by atoms with E-state index in [0.717, 1.165) is 6.54 Å². The van der Waals surface area contributed by atoms with Crippen LogP contribution in [-0.4, -0.2) is 19.6 Å². The van der Waals surface area contributed by atoms with E-state index in [2.05, 4.69) is 19.2 Å². The Morgan fingerprint density at radius 3 is 2.75 bits per heavy atom. The van der Waals surface area contributed by atoms with Crippen LogP contribution in [0.1, 0.15) is 24.2 Å². The second kappa shape index (κ2) is 5.75. The van der Waals surface area contributed by atoms with Crippen molar-refractivity contribution in [3.63, 3.8) is 0 Å². The first-order valence-electron chi connectivity index (χ1n) is 5.16. The summed E-state index contributed by atoms with van der Waals surface area (Å²) < 4.78 is 4.70. The van der Waals surface area contributed by atoms with Crippen LogP contribution < -0.4 is 5.32 Å². The van der Waals surface area contributed by atoms with Gasteiger partial charge < -0.3 is 10.1 Å². The highest BCUT2D eigenvalue weighted by molar-refractivity contribution is 6.31. The molecule has 1 aromatic carbocycles. The second-order valence-corrected chi connectivity index (χ2v) is 4.39. The van der Waals surface area contributed by atoms with Crippen molar-refractivity contribution in [3.8, 4) is 0 Å². The van der Waals surface area contributed by atoms with Crippen LogP contribution in [0.3, 0.4) is 0 Å². The van der Waals surface area contributed by atoms with E-state index < -0.39 is 0 Å². The molecule has 0 bridgehead atoms. The van der Waals surface area contributed by atoms with Crippen LogP contribution in [0, 0.1) is 5.92 Å². The van der Waals surface area contributed by atoms with E-state index in [9.17, 15) is 4.79 Å². The molecule has 1 aromatic rings. The van der Waals surface area contributed by atoms with Crippen LogP contribution in [0.25, 0.3) is 0 Å². The van der Waals surface area contributed by atoms with Crippen molar-refractivity contribution in [2.75, 3.05) is 19.0 Å². The molecule has 1 rings (SSSR count). The average molecular weight is 242 g/mol. The normalized spacial score (nSPS) is 10.3. The maximum absolute atomic E-state index is 11.5. The van der Waals surface area contributed by atoms with Crippen LogP contribution >= 0.6 is 11.6 Å². The zero-order chi connectivity index (χ0) is 12.1. The van der Waals surface area contributed by atoms with E-state index in [4.69, 9.17) is 16.3 Å². The Hall–Kier alpha value is -1.22. The molecule has 0 aliphatic heterocycles. The van der Waals surface area contributed by atoms with E-state index in [1.54, 1.807) is 18.2 Å². The fourth-order valence-electron chi connectivity index (χ4n) is 1.26. The zero-order valence-corrected chi connectivity index (χ0v) is 10.5. The number of hydrogen-bond donors (Lipinski definition) is 1. The van der Waals surface area contributed by atoms with Crippen molar-refractivity contribution >= 4 is 23.3 Å². The lowest BCUT2D eigenvalue weighted by atomic mass is 10.1. The number of methoxy groups -OCH3 is 1. The van der Waals surface area contributed by atoms with Gasteiger partial charge >= 0.3 is 5.97 Å². The maximum Gasteiger partial charge on any atom is 0.339 e. The third-order valence-electron chi connectivity index (χ3n) is 2.09. The Morgan fingerprint density at radius 1 is 1.50 bits per heavy atom. The number of benzene rings is 1.